The van der Waals surface area contributed by atoms with Crippen molar-refractivity contribution in [3.8, 4) is 0 Å². The van der Waals surface area contributed by atoms with Crippen LogP contribution in [0.4, 0.5) is 11.4 Å². The van der Waals surface area contributed by atoms with Crippen LogP contribution in [0.1, 0.15) is 11.1 Å². The molecule has 0 unspecified atom stereocenters. The largest absolute Gasteiger partial charge is 0.375 e. The zero-order chi connectivity index (χ0) is 15.4. The molecule has 0 aliphatic rings. The first-order valence-corrected chi connectivity index (χ1v) is 7.69. The smallest absolute Gasteiger partial charge is 0.243 e. The van der Waals surface area contributed by atoms with Gasteiger partial charge >= 0.3 is 0 Å². The summed E-state index contributed by atoms with van der Waals surface area (Å²) in [4.78, 5) is 12.0. The van der Waals surface area contributed by atoms with Crippen molar-refractivity contribution in [2.75, 3.05) is 17.2 Å². The molecule has 3 nitrogen and oxygen atoms in total. The van der Waals surface area contributed by atoms with Crippen LogP contribution in [0.3, 0.4) is 0 Å². The van der Waals surface area contributed by atoms with Gasteiger partial charge in [0.15, 0.2) is 0 Å². The molecule has 21 heavy (non-hydrogen) atoms. The van der Waals surface area contributed by atoms with Crippen molar-refractivity contribution < 1.29 is 4.79 Å². The average molecular weight is 368 g/mol. The zero-order valence-electron chi connectivity index (χ0n) is 11.8. The van der Waals surface area contributed by atoms with Crippen LogP contribution in [0.5, 0.6) is 0 Å². The minimum atomic E-state index is -0.144. The summed E-state index contributed by atoms with van der Waals surface area (Å²) < 4.78 is 0.950. The van der Waals surface area contributed by atoms with Gasteiger partial charge in [0.25, 0.3) is 0 Å². The second-order valence-electron chi connectivity index (χ2n) is 4.82. The van der Waals surface area contributed by atoms with E-state index in [4.69, 9.17) is 11.6 Å². The number of rotatable bonds is 4. The third kappa shape index (κ3) is 4.22. The van der Waals surface area contributed by atoms with Gasteiger partial charge in [-0.25, -0.2) is 0 Å². The van der Waals surface area contributed by atoms with Crippen molar-refractivity contribution in [3.05, 3.63) is 57.0 Å². The van der Waals surface area contributed by atoms with Gasteiger partial charge in [0, 0.05) is 4.47 Å². The standard InChI is InChI=1S/C16H16BrClN2O/c1-10-7-11(2)16(12(17)8-10)19-9-15(21)20-14-6-4-3-5-13(14)18/h3-8,19H,9H2,1-2H3,(H,20,21). The number of benzene rings is 2. The highest BCUT2D eigenvalue weighted by molar-refractivity contribution is 9.10. The Morgan fingerprint density at radius 2 is 1.95 bits per heavy atom. The second-order valence-corrected chi connectivity index (χ2v) is 6.08. The fourth-order valence-electron chi connectivity index (χ4n) is 2.07. The van der Waals surface area contributed by atoms with E-state index in [0.717, 1.165) is 15.7 Å². The van der Waals surface area contributed by atoms with Gasteiger partial charge in [-0.3, -0.25) is 4.79 Å². The Balaban J connectivity index is 2.01. The summed E-state index contributed by atoms with van der Waals surface area (Å²) in [6.45, 7) is 4.21. The van der Waals surface area contributed by atoms with Crippen molar-refractivity contribution in [1.82, 2.24) is 0 Å². The maximum absolute atomic E-state index is 12.0. The number of nitrogens with one attached hydrogen (secondary N) is 2. The third-order valence-corrected chi connectivity index (χ3v) is 3.96. The summed E-state index contributed by atoms with van der Waals surface area (Å²) in [6.07, 6.45) is 0. The highest BCUT2D eigenvalue weighted by Gasteiger charge is 2.08. The highest BCUT2D eigenvalue weighted by Crippen LogP contribution is 2.27. The van der Waals surface area contributed by atoms with E-state index in [1.54, 1.807) is 12.1 Å². The molecule has 110 valence electrons. The van der Waals surface area contributed by atoms with E-state index in [2.05, 4.69) is 32.6 Å². The van der Waals surface area contributed by atoms with Gasteiger partial charge in [0.1, 0.15) is 0 Å². The number of halogens is 2. The topological polar surface area (TPSA) is 41.1 Å². The van der Waals surface area contributed by atoms with E-state index in [0.29, 0.717) is 10.7 Å². The summed E-state index contributed by atoms with van der Waals surface area (Å²) >= 11 is 9.52. The van der Waals surface area contributed by atoms with E-state index in [-0.39, 0.29) is 12.5 Å². The van der Waals surface area contributed by atoms with E-state index in [1.165, 1.54) is 5.56 Å². The molecule has 5 heteroatoms. The van der Waals surface area contributed by atoms with Crippen LogP contribution in [-0.4, -0.2) is 12.5 Å². The summed E-state index contributed by atoms with van der Waals surface area (Å²) in [5, 5.41) is 6.45. The summed E-state index contributed by atoms with van der Waals surface area (Å²) in [6, 6.07) is 11.2. The predicted molar refractivity (Wildman–Crippen MR) is 92.2 cm³/mol. The lowest BCUT2D eigenvalue weighted by atomic mass is 10.1. The molecule has 0 fully saturated rings. The third-order valence-electron chi connectivity index (χ3n) is 3.01. The molecule has 2 aromatic rings. The van der Waals surface area contributed by atoms with Gasteiger partial charge in [-0.1, -0.05) is 29.8 Å². The average Bonchev–Trinajstić information content (AvgIpc) is 2.40. The summed E-state index contributed by atoms with van der Waals surface area (Å²) in [5.41, 5.74) is 3.80. The first-order chi connectivity index (χ1) is 9.97. The number of aryl methyl sites for hydroxylation is 2. The van der Waals surface area contributed by atoms with Crippen LogP contribution in [0.25, 0.3) is 0 Å². The van der Waals surface area contributed by atoms with Crippen molar-refractivity contribution >= 4 is 44.8 Å². The van der Waals surface area contributed by atoms with Crippen molar-refractivity contribution in [2.24, 2.45) is 0 Å². The highest BCUT2D eigenvalue weighted by atomic mass is 79.9. The molecule has 0 radical (unpaired) electrons. The Morgan fingerprint density at radius 1 is 1.24 bits per heavy atom. The molecule has 2 N–H and O–H groups in total. The van der Waals surface area contributed by atoms with Gasteiger partial charge in [-0.2, -0.15) is 0 Å². The quantitative estimate of drug-likeness (QED) is 0.817. The molecule has 0 aromatic heterocycles. The Hall–Kier alpha value is -1.52. The van der Waals surface area contributed by atoms with Crippen molar-refractivity contribution in [3.63, 3.8) is 0 Å². The molecule has 1 amide bonds. The Morgan fingerprint density at radius 3 is 2.62 bits per heavy atom. The SMILES string of the molecule is Cc1cc(C)c(NCC(=O)Nc2ccccc2Cl)c(Br)c1. The first-order valence-electron chi connectivity index (χ1n) is 6.52. The fraction of sp³-hybridized carbons (Fsp3) is 0.188. The maximum atomic E-state index is 12.0. The Kier molecular flexibility index (Phi) is 5.26. The van der Waals surface area contributed by atoms with Crippen LogP contribution in [-0.2, 0) is 4.79 Å². The number of amides is 1. The fourth-order valence-corrected chi connectivity index (χ4v) is 3.06. The molecule has 0 aliphatic heterocycles. The van der Waals surface area contributed by atoms with Crippen molar-refractivity contribution in [1.29, 1.82) is 0 Å². The molecule has 0 saturated heterocycles. The maximum Gasteiger partial charge on any atom is 0.243 e. The van der Waals surface area contributed by atoms with Gasteiger partial charge in [0.05, 0.1) is 22.9 Å². The Bertz CT molecular complexity index is 650. The number of carbonyl (C=O) groups excluding carboxylic acids is 1. The lowest BCUT2D eigenvalue weighted by molar-refractivity contribution is -0.114. The summed E-state index contributed by atoms with van der Waals surface area (Å²) in [7, 11) is 0. The normalized spacial score (nSPS) is 10.3. The monoisotopic (exact) mass is 366 g/mol. The number of hydrogen-bond acceptors (Lipinski definition) is 2. The first kappa shape index (κ1) is 15.9. The van der Waals surface area contributed by atoms with E-state index >= 15 is 0 Å². The van der Waals surface area contributed by atoms with Gasteiger partial charge in [0.2, 0.25) is 5.91 Å². The summed E-state index contributed by atoms with van der Waals surface area (Å²) in [5.74, 6) is -0.144. The molecule has 0 atom stereocenters. The second kappa shape index (κ2) is 6.96. The van der Waals surface area contributed by atoms with Crippen LogP contribution in [0.2, 0.25) is 5.02 Å². The van der Waals surface area contributed by atoms with Crippen LogP contribution in [0.15, 0.2) is 40.9 Å². The lowest BCUT2D eigenvalue weighted by Crippen LogP contribution is -2.22. The van der Waals surface area contributed by atoms with E-state index in [9.17, 15) is 4.79 Å². The molecule has 0 saturated carbocycles. The number of hydrogen-bond donors (Lipinski definition) is 2. The molecule has 0 spiro atoms. The lowest BCUT2D eigenvalue weighted by Gasteiger charge is -2.13. The number of anilines is 2. The van der Waals surface area contributed by atoms with Crippen LogP contribution in [0, 0.1) is 13.8 Å². The van der Waals surface area contributed by atoms with E-state index < -0.39 is 0 Å². The van der Waals surface area contributed by atoms with Gasteiger partial charge in [-0.15, -0.1) is 0 Å². The minimum Gasteiger partial charge on any atom is -0.375 e. The molecular formula is C16H16BrClN2O. The number of para-hydroxylation sites is 1. The molecule has 2 aromatic carbocycles. The van der Waals surface area contributed by atoms with Gasteiger partial charge in [-0.05, 0) is 59.1 Å². The van der Waals surface area contributed by atoms with Crippen molar-refractivity contribution in [2.45, 2.75) is 13.8 Å². The minimum absolute atomic E-state index is 0.144. The van der Waals surface area contributed by atoms with Gasteiger partial charge < -0.3 is 10.6 Å². The molecule has 0 bridgehead atoms. The molecule has 0 aliphatic carbocycles. The molecule has 0 heterocycles. The predicted octanol–water partition coefficient (Wildman–Crippen LogP) is 4.77. The zero-order valence-corrected chi connectivity index (χ0v) is 14.2. The van der Waals surface area contributed by atoms with E-state index in [1.807, 2.05) is 32.0 Å². The Labute approximate surface area is 137 Å². The molecular weight excluding hydrogens is 352 g/mol. The molecule has 2 rings (SSSR count). The van der Waals surface area contributed by atoms with Crippen LogP contribution >= 0.6 is 27.5 Å². The number of carbonyl (C=O) groups is 1. The van der Waals surface area contributed by atoms with Crippen LogP contribution < -0.4 is 10.6 Å².